The number of hydrogen-bond acceptors (Lipinski definition) is 10. The third-order valence-electron chi connectivity index (χ3n) is 3.86. The summed E-state index contributed by atoms with van der Waals surface area (Å²) in [6, 6.07) is 8.32. The van der Waals surface area contributed by atoms with Crippen LogP contribution in [0.3, 0.4) is 0 Å². The first kappa shape index (κ1) is 21.7. The van der Waals surface area contributed by atoms with Gasteiger partial charge in [0.15, 0.2) is 5.17 Å². The SMILES string of the molecule is COC(=O)/C=C1/S/C(=N\N=Cc2ccccc2OCn2nc([N+](=O)[O-])cc2C)NC1=O. The van der Waals surface area contributed by atoms with Crippen LogP contribution in [0.25, 0.3) is 0 Å². The molecule has 2 aromatic rings. The van der Waals surface area contributed by atoms with Crippen LogP contribution in [0.5, 0.6) is 5.75 Å². The second kappa shape index (κ2) is 9.67. The lowest BCUT2D eigenvalue weighted by molar-refractivity contribution is -0.389. The van der Waals surface area contributed by atoms with Gasteiger partial charge in [-0.1, -0.05) is 12.1 Å². The molecule has 1 aliphatic heterocycles. The summed E-state index contributed by atoms with van der Waals surface area (Å²) in [6.07, 6.45) is 2.49. The first-order chi connectivity index (χ1) is 14.9. The Labute approximate surface area is 179 Å². The molecule has 0 saturated carbocycles. The predicted molar refractivity (Wildman–Crippen MR) is 112 cm³/mol. The van der Waals surface area contributed by atoms with Gasteiger partial charge in [-0.3, -0.25) is 10.1 Å². The fourth-order valence-corrected chi connectivity index (χ4v) is 3.09. The summed E-state index contributed by atoms with van der Waals surface area (Å²) in [5, 5.41) is 25.3. The first-order valence-corrected chi connectivity index (χ1v) is 9.49. The molecule has 13 heteroatoms. The van der Waals surface area contributed by atoms with Crippen LogP contribution in [0.15, 0.2) is 51.5 Å². The molecule has 31 heavy (non-hydrogen) atoms. The summed E-state index contributed by atoms with van der Waals surface area (Å²) in [7, 11) is 1.21. The van der Waals surface area contributed by atoms with E-state index in [1.54, 1.807) is 31.2 Å². The molecule has 1 aromatic carbocycles. The standard InChI is InChI=1S/C18H16N6O6S/c1-11-7-15(24(27)28)22-23(11)10-30-13-6-4-3-5-12(13)9-19-21-18-20-17(26)14(31-18)8-16(25)29-2/h3-9H,10H2,1-2H3,(H,20,21,26)/b14-8+,19-9?. The first-order valence-electron chi connectivity index (χ1n) is 8.68. The summed E-state index contributed by atoms with van der Waals surface area (Å²) in [5.74, 6) is -0.926. The molecule has 1 fully saturated rings. The predicted octanol–water partition coefficient (Wildman–Crippen LogP) is 1.75. The second-order valence-corrected chi connectivity index (χ2v) is 6.98. The summed E-state index contributed by atoms with van der Waals surface area (Å²) in [4.78, 5) is 33.5. The highest BCUT2D eigenvalue weighted by Gasteiger charge is 2.25. The molecule has 3 rings (SSSR count). The van der Waals surface area contributed by atoms with Crippen LogP contribution in [0.1, 0.15) is 11.3 Å². The molecule has 0 unspecified atom stereocenters. The van der Waals surface area contributed by atoms with Gasteiger partial charge in [-0.05, 0) is 35.7 Å². The Morgan fingerprint density at radius 1 is 1.42 bits per heavy atom. The van der Waals surface area contributed by atoms with Crippen LogP contribution in [-0.2, 0) is 21.1 Å². The number of nitrogens with one attached hydrogen (secondary N) is 1. The van der Waals surface area contributed by atoms with Crippen molar-refractivity contribution in [2.24, 2.45) is 10.2 Å². The molecular formula is C18H16N6O6S. The van der Waals surface area contributed by atoms with E-state index < -0.39 is 16.8 Å². The van der Waals surface area contributed by atoms with E-state index in [4.69, 9.17) is 4.74 Å². The molecule has 1 amide bonds. The van der Waals surface area contributed by atoms with E-state index in [9.17, 15) is 19.7 Å². The maximum Gasteiger partial charge on any atom is 0.390 e. The quantitative estimate of drug-likeness (QED) is 0.223. The molecule has 12 nitrogen and oxygen atoms in total. The number of carbonyl (C=O) groups excluding carboxylic acids is 2. The summed E-state index contributed by atoms with van der Waals surface area (Å²) in [6.45, 7) is 1.65. The third kappa shape index (κ3) is 5.54. The number of esters is 1. The van der Waals surface area contributed by atoms with E-state index >= 15 is 0 Å². The third-order valence-corrected chi connectivity index (χ3v) is 4.76. The molecule has 1 aromatic heterocycles. The molecular weight excluding hydrogens is 428 g/mol. The van der Waals surface area contributed by atoms with Gasteiger partial charge in [0.25, 0.3) is 5.91 Å². The Bertz CT molecular complexity index is 1120. The molecule has 160 valence electrons. The number of aryl methyl sites for hydroxylation is 1. The van der Waals surface area contributed by atoms with Crippen molar-refractivity contribution in [1.29, 1.82) is 0 Å². The topological polar surface area (TPSA) is 150 Å². The van der Waals surface area contributed by atoms with Crippen molar-refractivity contribution in [1.82, 2.24) is 15.1 Å². The Hall–Kier alpha value is -4.00. The van der Waals surface area contributed by atoms with E-state index in [1.807, 2.05) is 0 Å². The minimum absolute atomic E-state index is 0.0351. The lowest BCUT2D eigenvalue weighted by atomic mass is 10.2. The van der Waals surface area contributed by atoms with Crippen LogP contribution < -0.4 is 10.1 Å². The molecule has 0 aliphatic carbocycles. The van der Waals surface area contributed by atoms with Crippen molar-refractivity contribution in [2.45, 2.75) is 13.7 Å². The summed E-state index contributed by atoms with van der Waals surface area (Å²) in [5.41, 5.74) is 1.17. The number of para-hydroxylation sites is 1. The highest BCUT2D eigenvalue weighted by molar-refractivity contribution is 8.18. The van der Waals surface area contributed by atoms with E-state index in [-0.39, 0.29) is 22.6 Å². The molecule has 1 saturated heterocycles. The van der Waals surface area contributed by atoms with E-state index in [1.165, 1.54) is 24.1 Å². The number of nitro groups is 1. The van der Waals surface area contributed by atoms with Gasteiger partial charge in [0, 0.05) is 11.6 Å². The van der Waals surface area contributed by atoms with Gasteiger partial charge < -0.3 is 19.6 Å². The van der Waals surface area contributed by atoms with Gasteiger partial charge in [0.1, 0.15) is 5.75 Å². The number of hydrogen-bond donors (Lipinski definition) is 1. The van der Waals surface area contributed by atoms with Gasteiger partial charge in [0.2, 0.25) is 6.73 Å². The fraction of sp³-hybridized carbons (Fsp3) is 0.167. The number of benzene rings is 1. The minimum Gasteiger partial charge on any atom is -0.469 e. The van der Waals surface area contributed by atoms with Crippen LogP contribution in [0, 0.1) is 17.0 Å². The zero-order valence-electron chi connectivity index (χ0n) is 16.3. The Morgan fingerprint density at radius 3 is 2.90 bits per heavy atom. The van der Waals surface area contributed by atoms with Crippen molar-refractivity contribution in [3.8, 4) is 5.75 Å². The highest BCUT2D eigenvalue weighted by atomic mass is 32.2. The Kier molecular flexibility index (Phi) is 6.77. The smallest absolute Gasteiger partial charge is 0.390 e. The van der Waals surface area contributed by atoms with Crippen molar-refractivity contribution in [3.63, 3.8) is 0 Å². The Morgan fingerprint density at radius 2 is 2.19 bits per heavy atom. The fourth-order valence-electron chi connectivity index (χ4n) is 2.35. The van der Waals surface area contributed by atoms with E-state index in [2.05, 4.69) is 25.4 Å². The van der Waals surface area contributed by atoms with Gasteiger partial charge >= 0.3 is 11.8 Å². The molecule has 0 bridgehead atoms. The summed E-state index contributed by atoms with van der Waals surface area (Å²) >= 11 is 0.954. The highest BCUT2D eigenvalue weighted by Crippen LogP contribution is 2.23. The zero-order chi connectivity index (χ0) is 22.4. The van der Waals surface area contributed by atoms with Crippen molar-refractivity contribution < 1.29 is 24.0 Å². The maximum absolute atomic E-state index is 11.8. The zero-order valence-corrected chi connectivity index (χ0v) is 17.2. The van der Waals surface area contributed by atoms with Gasteiger partial charge in [-0.2, -0.15) is 5.10 Å². The average molecular weight is 444 g/mol. The summed E-state index contributed by atoms with van der Waals surface area (Å²) < 4.78 is 11.6. The second-order valence-electron chi connectivity index (χ2n) is 5.95. The maximum atomic E-state index is 11.8. The number of amidine groups is 1. The molecule has 0 radical (unpaired) electrons. The normalized spacial score (nSPS) is 16.1. The molecule has 2 heterocycles. The number of thioether (sulfide) groups is 1. The van der Waals surface area contributed by atoms with Crippen LogP contribution in [0.4, 0.5) is 5.82 Å². The van der Waals surface area contributed by atoms with Crippen molar-refractivity contribution in [2.75, 3.05) is 7.11 Å². The number of amides is 1. The number of nitrogens with zero attached hydrogens (tertiary/aromatic N) is 5. The number of rotatable bonds is 7. The monoisotopic (exact) mass is 444 g/mol. The van der Waals surface area contributed by atoms with Crippen molar-refractivity contribution >= 4 is 40.8 Å². The Balaban J connectivity index is 1.68. The lowest BCUT2D eigenvalue weighted by Gasteiger charge is -2.07. The number of aromatic nitrogens is 2. The minimum atomic E-state index is -0.647. The molecule has 1 N–H and O–H groups in total. The number of methoxy groups -OCH3 is 1. The molecule has 0 atom stereocenters. The van der Waals surface area contributed by atoms with Crippen LogP contribution in [0.2, 0.25) is 0 Å². The molecule has 0 spiro atoms. The lowest BCUT2D eigenvalue weighted by Crippen LogP contribution is -2.19. The van der Waals surface area contributed by atoms with Gasteiger partial charge in [0.05, 0.1) is 35.1 Å². The number of carbonyl (C=O) groups is 2. The van der Waals surface area contributed by atoms with E-state index in [0.717, 1.165) is 17.8 Å². The van der Waals surface area contributed by atoms with Crippen LogP contribution >= 0.6 is 11.8 Å². The number of ether oxygens (including phenoxy) is 2. The van der Waals surface area contributed by atoms with Gasteiger partial charge in [-0.15, -0.1) is 9.78 Å². The largest absolute Gasteiger partial charge is 0.469 e. The van der Waals surface area contributed by atoms with Crippen molar-refractivity contribution in [3.05, 3.63) is 62.7 Å². The van der Waals surface area contributed by atoms with E-state index in [0.29, 0.717) is 17.0 Å². The average Bonchev–Trinajstić information content (AvgIpc) is 3.29. The van der Waals surface area contributed by atoms with Gasteiger partial charge in [-0.25, -0.2) is 4.79 Å². The molecule has 1 aliphatic rings. The van der Waals surface area contributed by atoms with Crippen LogP contribution in [-0.4, -0.2) is 45.1 Å².